The second-order valence-corrected chi connectivity index (χ2v) is 6.71. The minimum absolute atomic E-state index is 0.0592. The van der Waals surface area contributed by atoms with E-state index >= 15 is 0 Å². The highest BCUT2D eigenvalue weighted by Crippen LogP contribution is 2.36. The highest BCUT2D eigenvalue weighted by atomic mass is 16.2. The van der Waals surface area contributed by atoms with Crippen LogP contribution in [0.2, 0.25) is 0 Å². The van der Waals surface area contributed by atoms with Gasteiger partial charge in [-0.3, -0.25) is 9.59 Å². The summed E-state index contributed by atoms with van der Waals surface area (Å²) in [6.07, 6.45) is 6.47. The molecular weight excluding hydrogens is 284 g/mol. The van der Waals surface area contributed by atoms with Crippen LogP contribution < -0.4 is 0 Å². The van der Waals surface area contributed by atoms with Gasteiger partial charge in [0.1, 0.15) is 5.92 Å². The summed E-state index contributed by atoms with van der Waals surface area (Å²) in [5.41, 5.74) is 3.32. The highest BCUT2D eigenvalue weighted by Gasteiger charge is 2.39. The van der Waals surface area contributed by atoms with Crippen molar-refractivity contribution < 1.29 is 9.59 Å². The predicted molar refractivity (Wildman–Crippen MR) is 90.1 cm³/mol. The Morgan fingerprint density at radius 1 is 0.652 bits per heavy atom. The van der Waals surface area contributed by atoms with E-state index in [1.54, 1.807) is 12.1 Å². The topological polar surface area (TPSA) is 34.1 Å². The molecular formula is C21H20O2. The summed E-state index contributed by atoms with van der Waals surface area (Å²) >= 11 is 0. The maximum absolute atomic E-state index is 12.6. The van der Waals surface area contributed by atoms with Crippen molar-refractivity contribution in [1.29, 1.82) is 0 Å². The Balaban J connectivity index is 1.62. The fraction of sp³-hybridized carbons (Fsp3) is 0.333. The van der Waals surface area contributed by atoms with Crippen molar-refractivity contribution in [3.63, 3.8) is 0 Å². The van der Waals surface area contributed by atoms with E-state index < -0.39 is 5.92 Å². The number of carbonyl (C=O) groups is 2. The molecule has 0 spiro atoms. The zero-order valence-electron chi connectivity index (χ0n) is 13.1. The molecule has 4 rings (SSSR count). The van der Waals surface area contributed by atoms with E-state index in [0.717, 1.165) is 5.56 Å². The van der Waals surface area contributed by atoms with Gasteiger partial charge in [-0.2, -0.15) is 0 Å². The number of hydrogen-bond donors (Lipinski definition) is 0. The maximum atomic E-state index is 12.6. The van der Waals surface area contributed by atoms with Gasteiger partial charge < -0.3 is 0 Å². The molecule has 2 nitrogen and oxygen atoms in total. The van der Waals surface area contributed by atoms with E-state index in [4.69, 9.17) is 0 Å². The zero-order chi connectivity index (χ0) is 15.8. The summed E-state index contributed by atoms with van der Waals surface area (Å²) < 4.78 is 0. The smallest absolute Gasteiger partial charge is 0.178 e. The van der Waals surface area contributed by atoms with Crippen molar-refractivity contribution in [2.75, 3.05) is 0 Å². The van der Waals surface area contributed by atoms with Crippen molar-refractivity contribution in [2.24, 2.45) is 0 Å². The molecule has 0 aliphatic heterocycles. The lowest BCUT2D eigenvalue weighted by atomic mass is 9.83. The summed E-state index contributed by atoms with van der Waals surface area (Å²) in [6, 6.07) is 15.4. The number of ketones is 2. The second-order valence-electron chi connectivity index (χ2n) is 6.71. The molecule has 2 aliphatic rings. The van der Waals surface area contributed by atoms with E-state index in [9.17, 15) is 9.59 Å². The van der Waals surface area contributed by atoms with Gasteiger partial charge in [-0.15, -0.1) is 0 Å². The van der Waals surface area contributed by atoms with E-state index in [0.29, 0.717) is 17.0 Å². The summed E-state index contributed by atoms with van der Waals surface area (Å²) in [7, 11) is 0. The maximum Gasteiger partial charge on any atom is 0.178 e. The number of hydrogen-bond acceptors (Lipinski definition) is 2. The third kappa shape index (κ3) is 2.42. The lowest BCUT2D eigenvalue weighted by Crippen LogP contribution is -2.13. The Labute approximate surface area is 136 Å². The third-order valence-corrected chi connectivity index (χ3v) is 5.33. The first kappa shape index (κ1) is 14.4. The van der Waals surface area contributed by atoms with Crippen molar-refractivity contribution in [3.8, 4) is 0 Å². The second kappa shape index (κ2) is 5.77. The standard InChI is InChI=1S/C21H20O2/c22-20-17-8-4-5-9-18(17)21(23)19(20)16-12-10-15(11-13-16)14-6-2-1-3-7-14/h4-5,8-14,19H,1-3,6-7H2. The minimum atomic E-state index is -0.646. The lowest BCUT2D eigenvalue weighted by molar-refractivity contribution is 0.0890. The first-order valence-electron chi connectivity index (χ1n) is 8.53. The molecule has 0 amide bonds. The van der Waals surface area contributed by atoms with Gasteiger partial charge in [0.15, 0.2) is 11.6 Å². The van der Waals surface area contributed by atoms with Gasteiger partial charge in [-0.1, -0.05) is 67.8 Å². The lowest BCUT2D eigenvalue weighted by Gasteiger charge is -2.22. The molecule has 0 N–H and O–H groups in total. The molecule has 1 saturated carbocycles. The zero-order valence-corrected chi connectivity index (χ0v) is 13.1. The molecule has 2 aromatic rings. The Bertz CT molecular complexity index is 717. The van der Waals surface area contributed by atoms with Crippen LogP contribution in [0, 0.1) is 0 Å². The molecule has 0 saturated heterocycles. The molecule has 23 heavy (non-hydrogen) atoms. The van der Waals surface area contributed by atoms with E-state index in [1.165, 1.54) is 37.7 Å². The van der Waals surface area contributed by atoms with Crippen LogP contribution >= 0.6 is 0 Å². The van der Waals surface area contributed by atoms with Crippen molar-refractivity contribution >= 4 is 11.6 Å². The fourth-order valence-corrected chi connectivity index (χ4v) is 4.04. The van der Waals surface area contributed by atoms with Crippen LogP contribution in [0.4, 0.5) is 0 Å². The number of fused-ring (bicyclic) bond motifs is 1. The molecule has 0 atom stereocenters. The van der Waals surface area contributed by atoms with Crippen molar-refractivity contribution in [3.05, 3.63) is 70.8 Å². The number of Topliss-reactive ketones (excluding diaryl/α,β-unsaturated/α-hetero) is 2. The average molecular weight is 304 g/mol. The average Bonchev–Trinajstić information content (AvgIpc) is 2.87. The van der Waals surface area contributed by atoms with Gasteiger partial charge in [0.05, 0.1) is 0 Å². The van der Waals surface area contributed by atoms with Crippen LogP contribution in [0.1, 0.15) is 75.8 Å². The Morgan fingerprint density at radius 3 is 1.74 bits per heavy atom. The van der Waals surface area contributed by atoms with Crippen LogP contribution in [-0.4, -0.2) is 11.6 Å². The van der Waals surface area contributed by atoms with Gasteiger partial charge in [-0.25, -0.2) is 0 Å². The van der Waals surface area contributed by atoms with Crippen LogP contribution in [-0.2, 0) is 0 Å². The summed E-state index contributed by atoms with van der Waals surface area (Å²) in [6.45, 7) is 0. The Hall–Kier alpha value is -2.22. The normalized spacial score (nSPS) is 19.1. The fourth-order valence-electron chi connectivity index (χ4n) is 4.04. The molecule has 0 heterocycles. The largest absolute Gasteiger partial charge is 0.293 e. The van der Waals surface area contributed by atoms with Crippen LogP contribution in [0.5, 0.6) is 0 Å². The van der Waals surface area contributed by atoms with Gasteiger partial charge >= 0.3 is 0 Å². The molecule has 2 heteroatoms. The SMILES string of the molecule is O=C1c2ccccc2C(=O)C1c1ccc(C2CCCCC2)cc1. The molecule has 0 bridgehead atoms. The Kier molecular flexibility index (Phi) is 3.60. The van der Waals surface area contributed by atoms with Gasteiger partial charge in [0.25, 0.3) is 0 Å². The first-order valence-corrected chi connectivity index (χ1v) is 8.53. The molecule has 0 aromatic heterocycles. The van der Waals surface area contributed by atoms with E-state index in [2.05, 4.69) is 12.1 Å². The van der Waals surface area contributed by atoms with Gasteiger partial charge in [0, 0.05) is 11.1 Å². The quantitative estimate of drug-likeness (QED) is 0.740. The molecule has 0 radical (unpaired) electrons. The van der Waals surface area contributed by atoms with E-state index in [-0.39, 0.29) is 11.6 Å². The number of carbonyl (C=O) groups excluding carboxylic acids is 2. The Morgan fingerprint density at radius 2 is 1.17 bits per heavy atom. The molecule has 2 aromatic carbocycles. The molecule has 2 aliphatic carbocycles. The molecule has 1 fully saturated rings. The van der Waals surface area contributed by atoms with Gasteiger partial charge in [-0.05, 0) is 29.9 Å². The predicted octanol–water partition coefficient (Wildman–Crippen LogP) is 4.90. The van der Waals surface area contributed by atoms with Crippen LogP contribution in [0.25, 0.3) is 0 Å². The van der Waals surface area contributed by atoms with Crippen LogP contribution in [0.3, 0.4) is 0 Å². The molecule has 0 unspecified atom stereocenters. The first-order chi connectivity index (χ1) is 11.3. The summed E-state index contributed by atoms with van der Waals surface area (Å²) in [5.74, 6) is -0.121. The van der Waals surface area contributed by atoms with Crippen molar-refractivity contribution in [1.82, 2.24) is 0 Å². The number of rotatable bonds is 2. The van der Waals surface area contributed by atoms with E-state index in [1.807, 2.05) is 24.3 Å². The number of benzene rings is 2. The van der Waals surface area contributed by atoms with Crippen LogP contribution in [0.15, 0.2) is 48.5 Å². The van der Waals surface area contributed by atoms with Crippen molar-refractivity contribution in [2.45, 2.75) is 43.9 Å². The summed E-state index contributed by atoms with van der Waals surface area (Å²) in [4.78, 5) is 25.1. The highest BCUT2D eigenvalue weighted by molar-refractivity contribution is 6.29. The monoisotopic (exact) mass is 304 g/mol. The minimum Gasteiger partial charge on any atom is -0.293 e. The summed E-state index contributed by atoms with van der Waals surface area (Å²) in [5, 5.41) is 0. The third-order valence-electron chi connectivity index (χ3n) is 5.33. The van der Waals surface area contributed by atoms with Gasteiger partial charge in [0.2, 0.25) is 0 Å². The molecule has 116 valence electrons.